The maximum atomic E-state index is 6.00. The molecule has 1 aliphatic carbocycles. The molecule has 6 heteroatoms. The van der Waals surface area contributed by atoms with Crippen LogP contribution in [0.15, 0.2) is 23.2 Å². The number of ether oxygens (including phenoxy) is 2. The number of methoxy groups -OCH3 is 1. The molecular formula is C18H30IN3O2. The Bertz CT molecular complexity index is 517. The number of hydrogen-bond acceptors (Lipinski definition) is 3. The molecule has 0 aliphatic heterocycles. The summed E-state index contributed by atoms with van der Waals surface area (Å²) in [6.07, 6.45) is 7.24. The molecular weight excluding hydrogens is 417 g/mol. The van der Waals surface area contributed by atoms with Crippen LogP contribution in [0.4, 0.5) is 0 Å². The number of halogens is 1. The molecule has 1 aromatic carbocycles. The Balaban J connectivity index is 0.00000288. The van der Waals surface area contributed by atoms with Crippen LogP contribution in [0.2, 0.25) is 0 Å². The van der Waals surface area contributed by atoms with Crippen LogP contribution < -0.4 is 20.5 Å². The van der Waals surface area contributed by atoms with Crippen LogP contribution in [-0.2, 0) is 6.54 Å². The summed E-state index contributed by atoms with van der Waals surface area (Å²) in [5.41, 5.74) is 7.06. The van der Waals surface area contributed by atoms with Crippen molar-refractivity contribution in [3.05, 3.63) is 23.8 Å². The highest BCUT2D eigenvalue weighted by atomic mass is 127. The minimum absolute atomic E-state index is 0. The predicted octanol–water partition coefficient (Wildman–Crippen LogP) is 3.84. The van der Waals surface area contributed by atoms with Crippen LogP contribution in [0.3, 0.4) is 0 Å². The van der Waals surface area contributed by atoms with Crippen LogP contribution in [0.25, 0.3) is 0 Å². The standard InChI is InChI=1S/C18H29N3O2.HI/c1-3-11-23-16-10-9-14(12-17(16)22-2)13-20-18(19)21-15-7-5-4-6-8-15;/h9-10,12,15H,3-8,11,13H2,1-2H3,(H3,19,20,21);1H. The lowest BCUT2D eigenvalue weighted by Crippen LogP contribution is -2.41. The van der Waals surface area contributed by atoms with Crippen molar-refractivity contribution in [1.29, 1.82) is 0 Å². The van der Waals surface area contributed by atoms with Gasteiger partial charge in [0.05, 0.1) is 20.3 Å². The van der Waals surface area contributed by atoms with Crippen molar-refractivity contribution >= 4 is 29.9 Å². The topological polar surface area (TPSA) is 68.9 Å². The highest BCUT2D eigenvalue weighted by molar-refractivity contribution is 14.0. The molecule has 24 heavy (non-hydrogen) atoms. The van der Waals surface area contributed by atoms with Gasteiger partial charge in [-0.1, -0.05) is 32.3 Å². The van der Waals surface area contributed by atoms with Crippen molar-refractivity contribution in [1.82, 2.24) is 5.32 Å². The summed E-state index contributed by atoms with van der Waals surface area (Å²) in [4.78, 5) is 4.44. The third-order valence-corrected chi connectivity index (χ3v) is 4.08. The van der Waals surface area contributed by atoms with Gasteiger partial charge in [-0.05, 0) is 37.0 Å². The Kier molecular flexibility index (Phi) is 9.90. The number of nitrogens with zero attached hydrogens (tertiary/aromatic N) is 1. The van der Waals surface area contributed by atoms with Crippen LogP contribution in [0.1, 0.15) is 51.0 Å². The quantitative estimate of drug-likeness (QED) is 0.379. The first-order chi connectivity index (χ1) is 11.2. The lowest BCUT2D eigenvalue weighted by Gasteiger charge is -2.23. The molecule has 2 rings (SSSR count). The van der Waals surface area contributed by atoms with E-state index in [2.05, 4.69) is 17.2 Å². The summed E-state index contributed by atoms with van der Waals surface area (Å²) >= 11 is 0. The molecule has 1 saturated carbocycles. The number of hydrogen-bond donors (Lipinski definition) is 2. The van der Waals surface area contributed by atoms with E-state index in [1.165, 1.54) is 32.1 Å². The molecule has 0 unspecified atom stereocenters. The maximum absolute atomic E-state index is 6.00. The summed E-state index contributed by atoms with van der Waals surface area (Å²) in [5.74, 6) is 2.04. The van der Waals surface area contributed by atoms with Crippen molar-refractivity contribution in [2.75, 3.05) is 13.7 Å². The summed E-state index contributed by atoms with van der Waals surface area (Å²) in [5, 5.41) is 3.33. The highest BCUT2D eigenvalue weighted by Crippen LogP contribution is 2.28. The van der Waals surface area contributed by atoms with Gasteiger partial charge in [-0.15, -0.1) is 24.0 Å². The second-order valence-electron chi connectivity index (χ2n) is 6.01. The average molecular weight is 447 g/mol. The molecule has 0 bridgehead atoms. The molecule has 1 aliphatic rings. The zero-order valence-corrected chi connectivity index (χ0v) is 17.0. The van der Waals surface area contributed by atoms with Gasteiger partial charge in [-0.25, -0.2) is 4.99 Å². The Morgan fingerprint density at radius 1 is 1.25 bits per heavy atom. The van der Waals surface area contributed by atoms with E-state index in [9.17, 15) is 0 Å². The molecule has 136 valence electrons. The summed E-state index contributed by atoms with van der Waals surface area (Å²) in [6, 6.07) is 6.38. The number of benzene rings is 1. The zero-order chi connectivity index (χ0) is 16.5. The highest BCUT2D eigenvalue weighted by Gasteiger charge is 2.13. The average Bonchev–Trinajstić information content (AvgIpc) is 2.59. The Labute approximate surface area is 162 Å². The molecule has 0 atom stereocenters. The van der Waals surface area contributed by atoms with Gasteiger partial charge in [0.2, 0.25) is 0 Å². The number of nitrogens with two attached hydrogens (primary N) is 1. The third kappa shape index (κ3) is 6.75. The van der Waals surface area contributed by atoms with Gasteiger partial charge in [0.15, 0.2) is 17.5 Å². The summed E-state index contributed by atoms with van der Waals surface area (Å²) < 4.78 is 11.1. The lowest BCUT2D eigenvalue weighted by atomic mass is 9.96. The second-order valence-corrected chi connectivity index (χ2v) is 6.01. The molecule has 0 spiro atoms. The van der Waals surface area contributed by atoms with Crippen LogP contribution in [0, 0.1) is 0 Å². The van der Waals surface area contributed by atoms with E-state index in [-0.39, 0.29) is 24.0 Å². The van der Waals surface area contributed by atoms with Gasteiger partial charge >= 0.3 is 0 Å². The van der Waals surface area contributed by atoms with Gasteiger partial charge in [0.25, 0.3) is 0 Å². The van der Waals surface area contributed by atoms with Crippen LogP contribution in [0.5, 0.6) is 11.5 Å². The number of rotatable bonds is 7. The van der Waals surface area contributed by atoms with E-state index >= 15 is 0 Å². The Morgan fingerprint density at radius 2 is 2.00 bits per heavy atom. The monoisotopic (exact) mass is 447 g/mol. The first-order valence-electron chi connectivity index (χ1n) is 8.59. The van der Waals surface area contributed by atoms with Crippen molar-refractivity contribution in [2.45, 2.75) is 58.0 Å². The molecule has 0 heterocycles. The van der Waals surface area contributed by atoms with Crippen LogP contribution >= 0.6 is 24.0 Å². The van der Waals surface area contributed by atoms with Gasteiger partial charge < -0.3 is 20.5 Å². The van der Waals surface area contributed by atoms with Gasteiger partial charge in [0, 0.05) is 6.04 Å². The Morgan fingerprint density at radius 3 is 2.67 bits per heavy atom. The fraction of sp³-hybridized carbons (Fsp3) is 0.611. The van der Waals surface area contributed by atoms with Crippen molar-refractivity contribution < 1.29 is 9.47 Å². The van der Waals surface area contributed by atoms with Gasteiger partial charge in [0.1, 0.15) is 0 Å². The minimum atomic E-state index is 0. The van der Waals surface area contributed by atoms with E-state index in [0.717, 1.165) is 23.5 Å². The van der Waals surface area contributed by atoms with E-state index in [4.69, 9.17) is 15.2 Å². The fourth-order valence-electron chi connectivity index (χ4n) is 2.82. The number of nitrogens with one attached hydrogen (secondary N) is 1. The van der Waals surface area contributed by atoms with Gasteiger partial charge in [-0.2, -0.15) is 0 Å². The fourth-order valence-corrected chi connectivity index (χ4v) is 2.82. The molecule has 3 N–H and O–H groups in total. The first-order valence-corrected chi connectivity index (χ1v) is 8.59. The Hall–Kier alpha value is -1.18. The SMILES string of the molecule is CCCOc1ccc(CN=C(N)NC2CCCCC2)cc1OC.I. The summed E-state index contributed by atoms with van der Waals surface area (Å²) in [7, 11) is 1.65. The third-order valence-electron chi connectivity index (χ3n) is 4.08. The van der Waals surface area contributed by atoms with E-state index < -0.39 is 0 Å². The number of guanidine groups is 1. The zero-order valence-electron chi connectivity index (χ0n) is 14.7. The summed E-state index contributed by atoms with van der Waals surface area (Å²) in [6.45, 7) is 3.31. The van der Waals surface area contributed by atoms with E-state index in [0.29, 0.717) is 25.2 Å². The maximum Gasteiger partial charge on any atom is 0.189 e. The first kappa shape index (κ1) is 20.9. The molecule has 0 aromatic heterocycles. The van der Waals surface area contributed by atoms with Crippen LogP contribution in [-0.4, -0.2) is 25.7 Å². The smallest absolute Gasteiger partial charge is 0.189 e. The van der Waals surface area contributed by atoms with Crippen molar-refractivity contribution in [3.63, 3.8) is 0 Å². The molecule has 0 amide bonds. The predicted molar refractivity (Wildman–Crippen MR) is 110 cm³/mol. The largest absolute Gasteiger partial charge is 0.493 e. The van der Waals surface area contributed by atoms with Crippen molar-refractivity contribution in [3.8, 4) is 11.5 Å². The second kappa shape index (κ2) is 11.4. The van der Waals surface area contributed by atoms with Gasteiger partial charge in [-0.3, -0.25) is 0 Å². The molecule has 1 aromatic rings. The lowest BCUT2D eigenvalue weighted by molar-refractivity contribution is 0.294. The number of aliphatic imine (C=N–C) groups is 1. The molecule has 0 saturated heterocycles. The normalized spacial score (nSPS) is 15.5. The van der Waals surface area contributed by atoms with E-state index in [1.807, 2.05) is 18.2 Å². The van der Waals surface area contributed by atoms with Crippen molar-refractivity contribution in [2.24, 2.45) is 10.7 Å². The minimum Gasteiger partial charge on any atom is -0.493 e. The molecule has 5 nitrogen and oxygen atoms in total. The molecule has 0 radical (unpaired) electrons. The molecule has 1 fully saturated rings. The van der Waals surface area contributed by atoms with E-state index in [1.54, 1.807) is 7.11 Å².